The molecular formula is C18H22N2O6. The highest BCUT2D eigenvalue weighted by atomic mass is 16.5. The zero-order valence-corrected chi connectivity index (χ0v) is 15.1. The van der Waals surface area contributed by atoms with Crippen LogP contribution in [0.2, 0.25) is 0 Å². The second kappa shape index (κ2) is 9.57. The van der Waals surface area contributed by atoms with Gasteiger partial charge in [-0.1, -0.05) is 12.1 Å². The number of carbonyl (C=O) groups is 2. The van der Waals surface area contributed by atoms with Crippen molar-refractivity contribution in [1.82, 2.24) is 9.88 Å². The summed E-state index contributed by atoms with van der Waals surface area (Å²) in [5.41, 5.74) is 0.497. The molecule has 2 rings (SSSR count). The van der Waals surface area contributed by atoms with Gasteiger partial charge in [-0.15, -0.1) is 0 Å². The lowest BCUT2D eigenvalue weighted by Crippen LogP contribution is -2.32. The molecule has 1 aromatic carbocycles. The van der Waals surface area contributed by atoms with Crippen molar-refractivity contribution < 1.29 is 28.2 Å². The summed E-state index contributed by atoms with van der Waals surface area (Å²) in [6.07, 6.45) is 1.85. The van der Waals surface area contributed by atoms with Gasteiger partial charge in [0.15, 0.2) is 5.69 Å². The molecule has 1 heterocycles. The average molecular weight is 362 g/mol. The highest BCUT2D eigenvalue weighted by Gasteiger charge is 2.22. The lowest BCUT2D eigenvalue weighted by Gasteiger charge is -2.22. The molecule has 0 aliphatic rings. The quantitative estimate of drug-likeness (QED) is 0.498. The van der Waals surface area contributed by atoms with Crippen LogP contribution >= 0.6 is 0 Å². The third-order valence-corrected chi connectivity index (χ3v) is 3.67. The lowest BCUT2D eigenvalue weighted by atomic mass is 10.1. The first-order valence-corrected chi connectivity index (χ1v) is 8.04. The molecular weight excluding hydrogens is 340 g/mol. The van der Waals surface area contributed by atoms with E-state index in [1.54, 1.807) is 36.3 Å². The lowest BCUT2D eigenvalue weighted by molar-refractivity contribution is 0.0594. The Morgan fingerprint density at radius 2 is 1.96 bits per heavy atom. The van der Waals surface area contributed by atoms with Crippen LogP contribution < -0.4 is 4.74 Å². The number of nitrogens with zero attached hydrogens (tertiary/aromatic N) is 2. The van der Waals surface area contributed by atoms with Crippen LogP contribution in [-0.4, -0.2) is 56.2 Å². The summed E-state index contributed by atoms with van der Waals surface area (Å²) in [5, 5.41) is 0. The second-order valence-electron chi connectivity index (χ2n) is 5.39. The van der Waals surface area contributed by atoms with Crippen molar-refractivity contribution in [2.75, 3.05) is 34.5 Å². The fourth-order valence-corrected chi connectivity index (χ4v) is 2.39. The van der Waals surface area contributed by atoms with Crippen molar-refractivity contribution in [3.05, 3.63) is 47.7 Å². The number of hydrogen-bond acceptors (Lipinski definition) is 7. The molecule has 0 atom stereocenters. The average Bonchev–Trinajstić information content (AvgIpc) is 3.14. The minimum absolute atomic E-state index is 0.0593. The van der Waals surface area contributed by atoms with Crippen LogP contribution in [0.1, 0.15) is 33.2 Å². The smallest absolute Gasteiger partial charge is 0.360 e. The van der Waals surface area contributed by atoms with E-state index >= 15 is 0 Å². The molecule has 8 nitrogen and oxygen atoms in total. The van der Waals surface area contributed by atoms with E-state index in [0.717, 1.165) is 0 Å². The van der Waals surface area contributed by atoms with Crippen LogP contribution in [0.5, 0.6) is 5.75 Å². The Bertz CT molecular complexity index is 743. The molecule has 26 heavy (non-hydrogen) atoms. The summed E-state index contributed by atoms with van der Waals surface area (Å²) in [6, 6.07) is 6.98. The van der Waals surface area contributed by atoms with Gasteiger partial charge in [0.05, 0.1) is 26.3 Å². The number of hydrogen-bond donors (Lipinski definition) is 0. The van der Waals surface area contributed by atoms with Gasteiger partial charge >= 0.3 is 5.97 Å². The van der Waals surface area contributed by atoms with Crippen molar-refractivity contribution in [2.45, 2.75) is 13.0 Å². The van der Waals surface area contributed by atoms with Crippen LogP contribution in [0.25, 0.3) is 0 Å². The summed E-state index contributed by atoms with van der Waals surface area (Å²) < 4.78 is 20.2. The second-order valence-corrected chi connectivity index (χ2v) is 5.39. The molecule has 0 spiro atoms. The van der Waals surface area contributed by atoms with Gasteiger partial charge in [0.25, 0.3) is 5.91 Å². The summed E-state index contributed by atoms with van der Waals surface area (Å²) in [7, 11) is 4.38. The molecule has 0 fully saturated rings. The van der Waals surface area contributed by atoms with E-state index in [-0.39, 0.29) is 24.0 Å². The van der Waals surface area contributed by atoms with Crippen LogP contribution in [0.3, 0.4) is 0 Å². The van der Waals surface area contributed by atoms with Crippen molar-refractivity contribution in [3.63, 3.8) is 0 Å². The predicted molar refractivity (Wildman–Crippen MR) is 92.1 cm³/mol. The number of carbonyl (C=O) groups excluding carboxylic acids is 2. The van der Waals surface area contributed by atoms with Crippen molar-refractivity contribution in [3.8, 4) is 5.75 Å². The molecule has 1 amide bonds. The fraction of sp³-hybridized carbons (Fsp3) is 0.389. The van der Waals surface area contributed by atoms with Gasteiger partial charge in [0.1, 0.15) is 12.0 Å². The van der Waals surface area contributed by atoms with Crippen LogP contribution in [0, 0.1) is 0 Å². The largest absolute Gasteiger partial charge is 0.496 e. The first-order chi connectivity index (χ1) is 12.6. The molecule has 0 aliphatic heterocycles. The monoisotopic (exact) mass is 362 g/mol. The Morgan fingerprint density at radius 1 is 1.19 bits per heavy atom. The van der Waals surface area contributed by atoms with E-state index in [4.69, 9.17) is 13.9 Å². The van der Waals surface area contributed by atoms with Gasteiger partial charge in [-0.05, 0) is 18.6 Å². The molecule has 1 aromatic heterocycles. The Morgan fingerprint density at radius 3 is 2.65 bits per heavy atom. The number of ether oxygens (including phenoxy) is 3. The minimum atomic E-state index is -0.595. The predicted octanol–water partition coefficient (Wildman–Crippen LogP) is 2.15. The third kappa shape index (κ3) is 4.82. The van der Waals surface area contributed by atoms with Gasteiger partial charge in [-0.3, -0.25) is 4.79 Å². The maximum absolute atomic E-state index is 13.0. The van der Waals surface area contributed by atoms with Crippen molar-refractivity contribution in [2.24, 2.45) is 0 Å². The summed E-state index contributed by atoms with van der Waals surface area (Å²) in [6.45, 7) is 1.05. The Balaban J connectivity index is 2.20. The Labute approximate surface area is 151 Å². The number of esters is 1. The number of amides is 1. The first-order valence-electron chi connectivity index (χ1n) is 8.04. The highest BCUT2D eigenvalue weighted by Crippen LogP contribution is 2.20. The number of rotatable bonds is 9. The van der Waals surface area contributed by atoms with E-state index in [1.807, 2.05) is 0 Å². The zero-order chi connectivity index (χ0) is 18.9. The van der Waals surface area contributed by atoms with E-state index in [0.29, 0.717) is 30.9 Å². The van der Waals surface area contributed by atoms with Gasteiger partial charge in [-0.25, -0.2) is 9.78 Å². The number of oxazole rings is 1. The number of benzene rings is 1. The van der Waals surface area contributed by atoms with Gasteiger partial charge in [-0.2, -0.15) is 0 Å². The number of methoxy groups -OCH3 is 3. The maximum atomic E-state index is 13.0. The summed E-state index contributed by atoms with van der Waals surface area (Å²) in [5.74, 6) is -0.0960. The topological polar surface area (TPSA) is 91.1 Å². The molecule has 8 heteroatoms. The molecule has 0 radical (unpaired) electrons. The van der Waals surface area contributed by atoms with Crippen molar-refractivity contribution >= 4 is 11.9 Å². The van der Waals surface area contributed by atoms with Crippen LogP contribution in [-0.2, 0) is 16.0 Å². The molecule has 0 saturated heterocycles. The molecule has 0 aliphatic carbocycles. The van der Waals surface area contributed by atoms with Gasteiger partial charge < -0.3 is 23.5 Å². The standard InChI is InChI=1S/C18H22N2O6/c1-23-10-6-9-20(11-16-19-14(12-26-16)18(22)25-3)17(21)13-7-4-5-8-15(13)24-2/h4-5,7-8,12H,6,9-11H2,1-3H3. The van der Waals surface area contributed by atoms with Gasteiger partial charge in [0.2, 0.25) is 5.89 Å². The van der Waals surface area contributed by atoms with E-state index in [1.165, 1.54) is 20.5 Å². The maximum Gasteiger partial charge on any atom is 0.360 e. The zero-order valence-electron chi connectivity index (χ0n) is 15.1. The molecule has 0 N–H and O–H groups in total. The Kier molecular flexibility index (Phi) is 7.16. The molecule has 0 saturated carbocycles. The molecule has 0 bridgehead atoms. The van der Waals surface area contributed by atoms with Crippen LogP contribution in [0.4, 0.5) is 0 Å². The molecule has 140 valence electrons. The van der Waals surface area contributed by atoms with E-state index in [2.05, 4.69) is 9.72 Å². The number of para-hydroxylation sites is 1. The normalized spacial score (nSPS) is 10.4. The summed E-state index contributed by atoms with van der Waals surface area (Å²) >= 11 is 0. The SMILES string of the molecule is COCCCN(Cc1nc(C(=O)OC)co1)C(=O)c1ccccc1OC. The minimum Gasteiger partial charge on any atom is -0.496 e. The fourth-order valence-electron chi connectivity index (χ4n) is 2.39. The van der Waals surface area contributed by atoms with Crippen LogP contribution in [0.15, 0.2) is 34.9 Å². The highest BCUT2D eigenvalue weighted by molar-refractivity contribution is 5.96. The Hall–Kier alpha value is -2.87. The van der Waals surface area contributed by atoms with E-state index < -0.39 is 5.97 Å². The van der Waals surface area contributed by atoms with Gasteiger partial charge in [0, 0.05) is 20.3 Å². The van der Waals surface area contributed by atoms with E-state index in [9.17, 15) is 9.59 Å². The molecule has 2 aromatic rings. The summed E-state index contributed by atoms with van der Waals surface area (Å²) in [4.78, 5) is 30.1. The first kappa shape index (κ1) is 19.5. The number of aromatic nitrogens is 1. The van der Waals surface area contributed by atoms with Crippen molar-refractivity contribution in [1.29, 1.82) is 0 Å². The third-order valence-electron chi connectivity index (χ3n) is 3.67. The molecule has 0 unspecified atom stereocenters.